The maximum Gasteiger partial charge on any atom is 0.153 e. The third-order valence-corrected chi connectivity index (χ3v) is 4.50. The van der Waals surface area contributed by atoms with Crippen LogP contribution in [0, 0.1) is 0 Å². The SMILES string of the molecule is C[N+]1(C)CCC2=C(C1)N1C=CC=NC1=CN2c1ccccc1. The molecule has 0 aromatic heterocycles. The normalized spacial score (nSPS) is 22.4. The maximum absolute atomic E-state index is 4.56. The van der Waals surface area contributed by atoms with E-state index in [-0.39, 0.29) is 0 Å². The van der Waals surface area contributed by atoms with Gasteiger partial charge in [-0.2, -0.15) is 0 Å². The second-order valence-corrected chi connectivity index (χ2v) is 6.64. The van der Waals surface area contributed by atoms with E-state index in [4.69, 9.17) is 0 Å². The Bertz CT molecular complexity index is 710. The van der Waals surface area contributed by atoms with Crippen LogP contribution in [-0.4, -0.2) is 42.8 Å². The summed E-state index contributed by atoms with van der Waals surface area (Å²) in [6.45, 7) is 2.18. The van der Waals surface area contributed by atoms with Crippen LogP contribution in [0.15, 0.2) is 71.0 Å². The zero-order valence-electron chi connectivity index (χ0n) is 13.1. The molecule has 0 radical (unpaired) electrons. The molecule has 0 amide bonds. The largest absolute Gasteiger partial charge is 0.323 e. The van der Waals surface area contributed by atoms with Crippen LogP contribution in [0.2, 0.25) is 0 Å². The Hall–Kier alpha value is -2.33. The fourth-order valence-corrected chi connectivity index (χ4v) is 3.32. The number of likely N-dealkylation sites (N-methyl/N-ethyl adjacent to an activating group) is 1. The van der Waals surface area contributed by atoms with Crippen molar-refractivity contribution < 1.29 is 4.48 Å². The van der Waals surface area contributed by atoms with Crippen molar-refractivity contribution >= 4 is 11.9 Å². The molecule has 3 heterocycles. The average Bonchev–Trinajstić information content (AvgIpc) is 2.54. The fraction of sp³-hybridized carbons (Fsp3) is 0.278. The van der Waals surface area contributed by atoms with Crippen LogP contribution in [0.5, 0.6) is 0 Å². The number of allylic oxidation sites excluding steroid dienone is 1. The van der Waals surface area contributed by atoms with Crippen molar-refractivity contribution in [2.75, 3.05) is 32.1 Å². The van der Waals surface area contributed by atoms with E-state index in [2.05, 4.69) is 71.6 Å². The summed E-state index contributed by atoms with van der Waals surface area (Å²) in [5, 5.41) is 0. The van der Waals surface area contributed by atoms with E-state index in [1.54, 1.807) is 0 Å². The van der Waals surface area contributed by atoms with E-state index in [0.29, 0.717) is 0 Å². The van der Waals surface area contributed by atoms with Crippen LogP contribution < -0.4 is 4.90 Å². The zero-order chi connectivity index (χ0) is 15.2. The highest BCUT2D eigenvalue weighted by atomic mass is 15.4. The molecule has 0 bridgehead atoms. The molecule has 112 valence electrons. The Kier molecular flexibility index (Phi) is 2.94. The third-order valence-electron chi connectivity index (χ3n) is 4.50. The minimum absolute atomic E-state index is 0.993. The number of para-hydroxylation sites is 1. The highest BCUT2D eigenvalue weighted by molar-refractivity contribution is 5.74. The Morgan fingerprint density at radius 2 is 1.86 bits per heavy atom. The van der Waals surface area contributed by atoms with E-state index < -0.39 is 0 Å². The van der Waals surface area contributed by atoms with Crippen LogP contribution in [0.4, 0.5) is 5.69 Å². The fourth-order valence-electron chi connectivity index (χ4n) is 3.32. The van der Waals surface area contributed by atoms with Crippen molar-refractivity contribution in [3.63, 3.8) is 0 Å². The Labute approximate surface area is 131 Å². The average molecular weight is 293 g/mol. The predicted molar refractivity (Wildman–Crippen MR) is 90.0 cm³/mol. The van der Waals surface area contributed by atoms with Crippen molar-refractivity contribution in [2.45, 2.75) is 6.42 Å². The molecule has 3 aliphatic rings. The number of aliphatic imine (C=N–C) groups is 1. The molecule has 0 N–H and O–H groups in total. The van der Waals surface area contributed by atoms with E-state index in [9.17, 15) is 0 Å². The summed E-state index contributed by atoms with van der Waals surface area (Å²) in [7, 11) is 4.59. The first-order valence-electron chi connectivity index (χ1n) is 7.74. The first-order valence-corrected chi connectivity index (χ1v) is 7.74. The van der Waals surface area contributed by atoms with Crippen LogP contribution in [0.1, 0.15) is 6.42 Å². The van der Waals surface area contributed by atoms with Gasteiger partial charge >= 0.3 is 0 Å². The molecule has 1 aromatic carbocycles. The topological polar surface area (TPSA) is 18.8 Å². The number of fused-ring (bicyclic) bond motifs is 2. The molecule has 0 spiro atoms. The molecule has 1 aromatic rings. The van der Waals surface area contributed by atoms with Gasteiger partial charge in [0.25, 0.3) is 0 Å². The molecule has 0 saturated heterocycles. The van der Waals surface area contributed by atoms with Crippen LogP contribution in [0.3, 0.4) is 0 Å². The number of benzene rings is 1. The maximum atomic E-state index is 4.56. The van der Waals surface area contributed by atoms with E-state index in [1.165, 1.54) is 17.1 Å². The molecule has 0 fully saturated rings. The van der Waals surface area contributed by atoms with Crippen LogP contribution in [-0.2, 0) is 0 Å². The Morgan fingerprint density at radius 1 is 1.05 bits per heavy atom. The van der Waals surface area contributed by atoms with E-state index in [1.807, 2.05) is 12.3 Å². The van der Waals surface area contributed by atoms with E-state index >= 15 is 0 Å². The van der Waals surface area contributed by atoms with Gasteiger partial charge < -0.3 is 9.38 Å². The number of anilines is 1. The van der Waals surface area contributed by atoms with Gasteiger partial charge in [0, 0.05) is 24.5 Å². The number of hydrogen-bond acceptors (Lipinski definition) is 3. The van der Waals surface area contributed by atoms with Crippen molar-refractivity contribution in [1.82, 2.24) is 4.90 Å². The molecule has 4 rings (SSSR count). The molecular formula is C18H21N4+. The summed E-state index contributed by atoms with van der Waals surface area (Å²) in [5.41, 5.74) is 3.97. The highest BCUT2D eigenvalue weighted by Gasteiger charge is 2.36. The van der Waals surface area contributed by atoms with Gasteiger partial charge in [0.15, 0.2) is 5.82 Å². The third kappa shape index (κ3) is 2.16. The summed E-state index contributed by atoms with van der Waals surface area (Å²) in [6.07, 6.45) is 9.23. The highest BCUT2D eigenvalue weighted by Crippen LogP contribution is 2.37. The van der Waals surface area contributed by atoms with Crippen molar-refractivity contribution in [3.8, 4) is 0 Å². The summed E-state index contributed by atoms with van der Waals surface area (Å²) in [5.74, 6) is 0.993. The van der Waals surface area contributed by atoms with Gasteiger partial charge in [0.05, 0.1) is 38.2 Å². The second-order valence-electron chi connectivity index (χ2n) is 6.64. The Morgan fingerprint density at radius 3 is 2.68 bits per heavy atom. The van der Waals surface area contributed by atoms with Gasteiger partial charge in [-0.15, -0.1) is 0 Å². The van der Waals surface area contributed by atoms with Gasteiger partial charge in [-0.05, 0) is 18.2 Å². The summed E-state index contributed by atoms with van der Waals surface area (Å²) >= 11 is 0. The number of nitrogens with zero attached hydrogens (tertiary/aromatic N) is 4. The number of hydrogen-bond donors (Lipinski definition) is 0. The van der Waals surface area contributed by atoms with Crippen molar-refractivity contribution in [1.29, 1.82) is 0 Å². The van der Waals surface area contributed by atoms with Crippen LogP contribution in [0.25, 0.3) is 0 Å². The lowest BCUT2D eigenvalue weighted by Crippen LogP contribution is -2.50. The summed E-state index contributed by atoms with van der Waals surface area (Å²) < 4.78 is 1.02. The molecule has 0 atom stereocenters. The molecule has 3 aliphatic heterocycles. The van der Waals surface area contributed by atoms with Crippen molar-refractivity contribution in [3.05, 3.63) is 66.0 Å². The zero-order valence-corrected chi connectivity index (χ0v) is 13.1. The smallest absolute Gasteiger partial charge is 0.153 e. The quantitative estimate of drug-likeness (QED) is 0.741. The first kappa shape index (κ1) is 13.3. The minimum atomic E-state index is 0.993. The molecule has 22 heavy (non-hydrogen) atoms. The molecule has 4 heteroatoms. The lowest BCUT2D eigenvalue weighted by molar-refractivity contribution is -0.887. The predicted octanol–water partition coefficient (Wildman–Crippen LogP) is 2.90. The second kappa shape index (κ2) is 4.85. The van der Waals surface area contributed by atoms with Gasteiger partial charge in [0.1, 0.15) is 6.54 Å². The summed E-state index contributed by atoms with van der Waals surface area (Å²) in [6, 6.07) is 10.6. The van der Waals surface area contributed by atoms with Gasteiger partial charge in [-0.25, -0.2) is 4.99 Å². The minimum Gasteiger partial charge on any atom is -0.323 e. The lowest BCUT2D eigenvalue weighted by Gasteiger charge is -2.44. The number of quaternary nitrogens is 1. The van der Waals surface area contributed by atoms with E-state index in [0.717, 1.165) is 29.8 Å². The molecule has 4 nitrogen and oxygen atoms in total. The monoisotopic (exact) mass is 293 g/mol. The summed E-state index contributed by atoms with van der Waals surface area (Å²) in [4.78, 5) is 9.12. The van der Waals surface area contributed by atoms with Crippen LogP contribution >= 0.6 is 0 Å². The Balaban J connectivity index is 1.83. The number of rotatable bonds is 1. The molecular weight excluding hydrogens is 272 g/mol. The van der Waals surface area contributed by atoms with Gasteiger partial charge in [-0.3, -0.25) is 4.90 Å². The van der Waals surface area contributed by atoms with Crippen molar-refractivity contribution in [2.24, 2.45) is 4.99 Å². The lowest BCUT2D eigenvalue weighted by atomic mass is 10.0. The standard InChI is InChI=1S/C18H21N4/c1-22(2)12-9-16-17(14-22)20-11-6-10-19-18(20)13-21(16)15-7-4-3-5-8-15/h3-8,10-11,13H,9,12,14H2,1-2H3/q+1. The first-order chi connectivity index (χ1) is 10.6. The van der Waals surface area contributed by atoms with Gasteiger partial charge in [-0.1, -0.05) is 18.2 Å². The molecule has 0 unspecified atom stereocenters. The molecule has 0 saturated carbocycles. The van der Waals surface area contributed by atoms with Gasteiger partial charge in [0.2, 0.25) is 0 Å². The molecule has 0 aliphatic carbocycles.